The molecule has 1 amide bonds. The van der Waals surface area contributed by atoms with E-state index in [0.29, 0.717) is 17.8 Å². The molecule has 0 fully saturated rings. The Balaban J connectivity index is 1.68. The second kappa shape index (κ2) is 8.42. The van der Waals surface area contributed by atoms with Crippen LogP contribution in [0.4, 0.5) is 0 Å². The highest BCUT2D eigenvalue weighted by atomic mass is 16.2. The fourth-order valence-corrected chi connectivity index (χ4v) is 3.90. The average Bonchev–Trinajstić information content (AvgIpc) is 3.13. The average molecular weight is 430 g/mol. The molecule has 4 aromatic rings. The van der Waals surface area contributed by atoms with Crippen molar-refractivity contribution >= 4 is 16.8 Å². The monoisotopic (exact) mass is 429 g/mol. The first kappa shape index (κ1) is 21.5. The number of fused-ring (bicyclic) bond motifs is 1. The van der Waals surface area contributed by atoms with E-state index in [2.05, 4.69) is 15.5 Å². The lowest BCUT2D eigenvalue weighted by Gasteiger charge is -2.15. The number of aryl methyl sites for hydroxylation is 4. The van der Waals surface area contributed by atoms with E-state index < -0.39 is 6.04 Å². The van der Waals surface area contributed by atoms with Crippen LogP contribution in [0.3, 0.4) is 0 Å². The van der Waals surface area contributed by atoms with Crippen LogP contribution in [0.1, 0.15) is 41.0 Å². The highest BCUT2D eigenvalue weighted by Gasteiger charge is 2.23. The van der Waals surface area contributed by atoms with Crippen LogP contribution in [0, 0.1) is 27.7 Å². The molecule has 0 saturated carbocycles. The second-order valence-corrected chi connectivity index (χ2v) is 8.21. The summed E-state index contributed by atoms with van der Waals surface area (Å²) in [6.45, 7) is 9.86. The Kier molecular flexibility index (Phi) is 5.65. The van der Waals surface area contributed by atoms with Crippen molar-refractivity contribution in [2.75, 3.05) is 0 Å². The molecule has 0 aliphatic heterocycles. The molecule has 0 aliphatic rings. The van der Waals surface area contributed by atoms with Gasteiger partial charge in [-0.15, -0.1) is 0 Å². The number of nitrogens with zero attached hydrogens (tertiary/aromatic N) is 4. The highest BCUT2D eigenvalue weighted by molar-refractivity contribution is 5.84. The summed E-state index contributed by atoms with van der Waals surface area (Å²) in [7, 11) is 0. The van der Waals surface area contributed by atoms with Crippen molar-refractivity contribution in [1.82, 2.24) is 24.9 Å². The van der Waals surface area contributed by atoms with E-state index in [-0.39, 0.29) is 11.5 Å². The number of hydrogen-bond donors (Lipinski definition) is 1. The first-order valence-electron chi connectivity index (χ1n) is 10.7. The van der Waals surface area contributed by atoms with Gasteiger partial charge in [-0.2, -0.15) is 10.2 Å². The molecule has 7 heteroatoms. The van der Waals surface area contributed by atoms with Gasteiger partial charge in [-0.25, -0.2) is 9.36 Å². The number of hydrogen-bond acceptors (Lipinski definition) is 4. The predicted molar refractivity (Wildman–Crippen MR) is 125 cm³/mol. The van der Waals surface area contributed by atoms with E-state index >= 15 is 0 Å². The van der Waals surface area contributed by atoms with E-state index in [4.69, 9.17) is 0 Å². The lowest BCUT2D eigenvalue weighted by molar-refractivity contribution is -0.124. The molecule has 2 aromatic heterocycles. The molecule has 4 rings (SSSR count). The summed E-state index contributed by atoms with van der Waals surface area (Å²) in [4.78, 5) is 26.1. The van der Waals surface area contributed by atoms with Crippen molar-refractivity contribution in [2.24, 2.45) is 0 Å². The van der Waals surface area contributed by atoms with Crippen LogP contribution in [-0.4, -0.2) is 25.5 Å². The summed E-state index contributed by atoms with van der Waals surface area (Å²) in [5, 5.41) is 12.7. The lowest BCUT2D eigenvalue weighted by atomic mass is 10.1. The molecule has 0 aliphatic carbocycles. The molecule has 0 saturated heterocycles. The molecule has 1 N–H and O–H groups in total. The molecule has 0 unspecified atom stereocenters. The van der Waals surface area contributed by atoms with Crippen molar-refractivity contribution < 1.29 is 4.79 Å². The summed E-state index contributed by atoms with van der Waals surface area (Å²) in [5.41, 5.74) is 5.60. The number of carbonyl (C=O) groups excluding carboxylic acids is 1. The van der Waals surface area contributed by atoms with Gasteiger partial charge in [-0.3, -0.25) is 9.59 Å². The zero-order chi connectivity index (χ0) is 23.0. The molecular formula is C25H27N5O2. The largest absolute Gasteiger partial charge is 0.350 e. The zero-order valence-corrected chi connectivity index (χ0v) is 19.0. The van der Waals surface area contributed by atoms with E-state index in [1.807, 2.05) is 76.2 Å². The minimum absolute atomic E-state index is 0.267. The summed E-state index contributed by atoms with van der Waals surface area (Å²) in [6, 6.07) is 15.1. The Morgan fingerprint density at radius 3 is 2.38 bits per heavy atom. The van der Waals surface area contributed by atoms with Crippen molar-refractivity contribution in [3.8, 4) is 5.69 Å². The van der Waals surface area contributed by atoms with Crippen LogP contribution in [0.25, 0.3) is 16.6 Å². The standard InChI is InChI=1S/C25H27N5O2/c1-15-10-12-21(13-11-15)29-18(4)22-17(3)27-30(25(32)23(22)28-29)19(5)24(31)26-14-20-9-7-6-8-16(20)2/h6-13,19H,14H2,1-5H3,(H,26,31)/t19-/m0/s1. The van der Waals surface area contributed by atoms with Crippen molar-refractivity contribution in [1.29, 1.82) is 0 Å². The molecule has 0 spiro atoms. The first-order valence-corrected chi connectivity index (χ1v) is 10.7. The Hall–Kier alpha value is -3.74. The van der Waals surface area contributed by atoms with Gasteiger partial charge in [0.1, 0.15) is 6.04 Å². The molecule has 0 radical (unpaired) electrons. The van der Waals surface area contributed by atoms with E-state index in [1.165, 1.54) is 4.68 Å². The van der Waals surface area contributed by atoms with Crippen molar-refractivity contribution in [3.63, 3.8) is 0 Å². The topological polar surface area (TPSA) is 81.8 Å². The molecule has 164 valence electrons. The lowest BCUT2D eigenvalue weighted by Crippen LogP contribution is -2.37. The van der Waals surface area contributed by atoms with Crippen molar-refractivity contribution in [3.05, 3.63) is 87.0 Å². The number of nitrogens with one attached hydrogen (secondary N) is 1. The van der Waals surface area contributed by atoms with Gasteiger partial charge in [0.25, 0.3) is 5.56 Å². The predicted octanol–water partition coefficient (Wildman–Crippen LogP) is 3.69. The Morgan fingerprint density at radius 2 is 1.69 bits per heavy atom. The Bertz CT molecular complexity index is 1370. The van der Waals surface area contributed by atoms with Crippen LogP contribution in [0.15, 0.2) is 53.3 Å². The first-order chi connectivity index (χ1) is 15.3. The maximum Gasteiger partial charge on any atom is 0.295 e. The van der Waals surface area contributed by atoms with E-state index in [1.54, 1.807) is 11.6 Å². The number of rotatable bonds is 5. The van der Waals surface area contributed by atoms with Crippen LogP contribution in [0.2, 0.25) is 0 Å². The van der Waals surface area contributed by atoms with Gasteiger partial charge in [0.2, 0.25) is 5.91 Å². The Labute approximate surface area is 186 Å². The third-order valence-corrected chi connectivity index (χ3v) is 5.89. The quantitative estimate of drug-likeness (QED) is 0.525. The smallest absolute Gasteiger partial charge is 0.295 e. The van der Waals surface area contributed by atoms with Gasteiger partial charge in [-0.1, -0.05) is 42.0 Å². The molecule has 0 bridgehead atoms. The van der Waals surface area contributed by atoms with Crippen LogP contribution in [0.5, 0.6) is 0 Å². The molecule has 1 atom stereocenters. The van der Waals surface area contributed by atoms with Gasteiger partial charge in [-0.05, 0) is 57.9 Å². The third-order valence-electron chi connectivity index (χ3n) is 5.89. The van der Waals surface area contributed by atoms with Crippen LogP contribution >= 0.6 is 0 Å². The molecule has 2 aromatic carbocycles. The molecule has 2 heterocycles. The van der Waals surface area contributed by atoms with Crippen LogP contribution in [-0.2, 0) is 11.3 Å². The minimum atomic E-state index is -0.764. The molecule has 32 heavy (non-hydrogen) atoms. The van der Waals surface area contributed by atoms with Gasteiger partial charge in [0.15, 0.2) is 5.52 Å². The maximum absolute atomic E-state index is 13.3. The zero-order valence-electron chi connectivity index (χ0n) is 19.0. The van der Waals surface area contributed by atoms with E-state index in [9.17, 15) is 9.59 Å². The second-order valence-electron chi connectivity index (χ2n) is 8.21. The minimum Gasteiger partial charge on any atom is -0.350 e. The van der Waals surface area contributed by atoms with Gasteiger partial charge < -0.3 is 5.32 Å². The highest BCUT2D eigenvalue weighted by Crippen LogP contribution is 2.22. The maximum atomic E-state index is 13.3. The summed E-state index contributed by atoms with van der Waals surface area (Å²) in [5.74, 6) is -0.267. The van der Waals surface area contributed by atoms with Crippen molar-refractivity contribution in [2.45, 2.75) is 47.2 Å². The SMILES string of the molecule is Cc1ccc(-n2nc3c(=O)n([C@@H](C)C(=O)NCc4ccccc4C)nc(C)c3c2C)cc1. The summed E-state index contributed by atoms with van der Waals surface area (Å²) in [6.07, 6.45) is 0. The number of benzene rings is 2. The summed E-state index contributed by atoms with van der Waals surface area (Å²) < 4.78 is 2.99. The molecular weight excluding hydrogens is 402 g/mol. The fourth-order valence-electron chi connectivity index (χ4n) is 3.90. The van der Waals surface area contributed by atoms with Gasteiger partial charge >= 0.3 is 0 Å². The van der Waals surface area contributed by atoms with Crippen LogP contribution < -0.4 is 10.9 Å². The number of amides is 1. The van der Waals surface area contributed by atoms with Gasteiger partial charge in [0, 0.05) is 6.54 Å². The third kappa shape index (κ3) is 3.82. The number of aromatic nitrogens is 4. The van der Waals surface area contributed by atoms with Gasteiger partial charge in [0.05, 0.1) is 22.5 Å². The normalized spacial score (nSPS) is 12.2. The molecule has 7 nitrogen and oxygen atoms in total. The van der Waals surface area contributed by atoms with E-state index in [0.717, 1.165) is 33.5 Å². The number of carbonyl (C=O) groups is 1. The Morgan fingerprint density at radius 1 is 1.00 bits per heavy atom. The summed E-state index contributed by atoms with van der Waals surface area (Å²) >= 11 is 0. The fraction of sp³-hybridized carbons (Fsp3) is 0.280.